The molecule has 7 rings (SSSR count). The van der Waals surface area contributed by atoms with Crippen molar-refractivity contribution in [2.75, 3.05) is 18.5 Å². The number of benzene rings is 1. The van der Waals surface area contributed by atoms with E-state index in [0.29, 0.717) is 23.1 Å². The number of nitrogens with one attached hydrogen (secondary N) is 1. The number of aromatic nitrogens is 2. The topological polar surface area (TPSA) is 73.3 Å². The first-order valence-electron chi connectivity index (χ1n) is 11.7. The summed E-state index contributed by atoms with van der Waals surface area (Å²) >= 11 is 1.57. The summed E-state index contributed by atoms with van der Waals surface area (Å²) in [5.74, 6) is 2.97. The van der Waals surface area contributed by atoms with Crippen LogP contribution in [0.3, 0.4) is 0 Å². The van der Waals surface area contributed by atoms with E-state index in [-0.39, 0.29) is 17.4 Å². The van der Waals surface area contributed by atoms with Crippen LogP contribution < -0.4 is 10.1 Å². The van der Waals surface area contributed by atoms with E-state index in [2.05, 4.69) is 15.5 Å². The predicted octanol–water partition coefficient (Wildman–Crippen LogP) is 4.82. The van der Waals surface area contributed by atoms with Gasteiger partial charge in [0.15, 0.2) is 0 Å². The van der Waals surface area contributed by atoms with E-state index in [0.717, 1.165) is 42.2 Å². The van der Waals surface area contributed by atoms with Gasteiger partial charge in [0.05, 0.1) is 11.7 Å². The van der Waals surface area contributed by atoms with Crippen molar-refractivity contribution in [3.05, 3.63) is 34.8 Å². The van der Waals surface area contributed by atoms with Crippen LogP contribution in [0.1, 0.15) is 66.7 Å². The zero-order valence-electron chi connectivity index (χ0n) is 17.7. The first-order valence-corrected chi connectivity index (χ1v) is 12.5. The molecule has 4 bridgehead atoms. The van der Waals surface area contributed by atoms with Crippen LogP contribution in [0.25, 0.3) is 0 Å². The van der Waals surface area contributed by atoms with E-state index in [4.69, 9.17) is 9.47 Å². The van der Waals surface area contributed by atoms with Crippen molar-refractivity contribution in [3.8, 4) is 5.75 Å². The highest BCUT2D eigenvalue weighted by Gasteiger charge is 2.53. The van der Waals surface area contributed by atoms with E-state index in [1.165, 1.54) is 38.5 Å². The molecule has 5 fully saturated rings. The zero-order valence-corrected chi connectivity index (χ0v) is 18.5. The number of amides is 1. The molecule has 1 N–H and O–H groups in total. The van der Waals surface area contributed by atoms with Gasteiger partial charge in [-0.3, -0.25) is 10.1 Å². The maximum atomic E-state index is 13.0. The molecule has 1 aromatic carbocycles. The van der Waals surface area contributed by atoms with Crippen LogP contribution in [0, 0.1) is 17.8 Å². The smallest absolute Gasteiger partial charge is 0.261 e. The van der Waals surface area contributed by atoms with Crippen molar-refractivity contribution in [2.45, 2.75) is 62.9 Å². The number of hydrogen-bond donors (Lipinski definition) is 1. The lowest BCUT2D eigenvalue weighted by atomic mass is 9.50. The lowest BCUT2D eigenvalue weighted by Gasteiger charge is -2.55. The number of nitrogens with zero attached hydrogens (tertiary/aromatic N) is 2. The molecule has 2 aromatic rings. The van der Waals surface area contributed by atoms with Crippen molar-refractivity contribution < 1.29 is 14.3 Å². The molecular weight excluding hydrogens is 410 g/mol. The number of hydrogen-bond acceptors (Lipinski definition) is 6. The second-order valence-electron chi connectivity index (χ2n) is 10.0. The molecule has 4 saturated carbocycles. The Labute approximate surface area is 186 Å². The lowest BCUT2D eigenvalue weighted by molar-refractivity contribution is -0.00555. The summed E-state index contributed by atoms with van der Waals surface area (Å²) in [7, 11) is 0. The summed E-state index contributed by atoms with van der Waals surface area (Å²) in [6.45, 7) is 1.26. The molecule has 1 aliphatic heterocycles. The Hall–Kier alpha value is -1.99. The monoisotopic (exact) mass is 439 g/mol. The lowest BCUT2D eigenvalue weighted by Crippen LogP contribution is -2.48. The van der Waals surface area contributed by atoms with Gasteiger partial charge in [-0.2, -0.15) is 0 Å². The van der Waals surface area contributed by atoms with Crippen LogP contribution in [-0.2, 0) is 10.2 Å². The molecule has 6 nitrogen and oxygen atoms in total. The molecule has 1 amide bonds. The number of para-hydroxylation sites is 1. The number of carbonyl (C=O) groups excluding carboxylic acids is 1. The summed E-state index contributed by atoms with van der Waals surface area (Å²) < 4.78 is 11.6. The van der Waals surface area contributed by atoms with Crippen molar-refractivity contribution in [3.63, 3.8) is 0 Å². The number of rotatable bonds is 6. The third-order valence-corrected chi connectivity index (χ3v) is 8.80. The average Bonchev–Trinajstić information content (AvgIpc) is 3.44. The Bertz CT molecular complexity index is 933. The van der Waals surface area contributed by atoms with Gasteiger partial charge >= 0.3 is 0 Å². The molecule has 1 unspecified atom stereocenters. The predicted molar refractivity (Wildman–Crippen MR) is 119 cm³/mol. The first-order chi connectivity index (χ1) is 15.2. The SMILES string of the molecule is O=C(Nc1nnc(C23CC4CC(CC(C4)C2)C3)s1)c1ccccc1OCC1CCCO1. The van der Waals surface area contributed by atoms with E-state index >= 15 is 0 Å². The van der Waals surface area contributed by atoms with Gasteiger partial charge in [-0.05, 0) is 81.3 Å². The molecule has 7 heteroatoms. The van der Waals surface area contributed by atoms with Gasteiger partial charge in [0.2, 0.25) is 5.13 Å². The first kappa shape index (κ1) is 19.7. The van der Waals surface area contributed by atoms with Crippen LogP contribution in [0.2, 0.25) is 0 Å². The quantitative estimate of drug-likeness (QED) is 0.699. The molecule has 1 atom stereocenters. The zero-order chi connectivity index (χ0) is 20.8. The molecule has 2 heterocycles. The van der Waals surface area contributed by atoms with E-state index in [9.17, 15) is 4.79 Å². The van der Waals surface area contributed by atoms with Crippen LogP contribution in [0.5, 0.6) is 5.75 Å². The summed E-state index contributed by atoms with van der Waals surface area (Å²) in [6, 6.07) is 7.37. The molecular formula is C24H29N3O3S. The second kappa shape index (κ2) is 7.85. The van der Waals surface area contributed by atoms with Crippen molar-refractivity contribution in [1.82, 2.24) is 10.2 Å². The normalized spacial score (nSPS) is 33.5. The van der Waals surface area contributed by atoms with Crippen molar-refractivity contribution in [2.24, 2.45) is 17.8 Å². The van der Waals surface area contributed by atoms with E-state index in [1.54, 1.807) is 17.4 Å². The van der Waals surface area contributed by atoms with Gasteiger partial charge in [0.1, 0.15) is 17.4 Å². The molecule has 0 spiro atoms. The van der Waals surface area contributed by atoms with Crippen molar-refractivity contribution in [1.29, 1.82) is 0 Å². The average molecular weight is 440 g/mol. The standard InChI is InChI=1S/C24H29N3O3S/c28-21(19-5-1-2-6-20(19)30-14-18-4-3-7-29-18)25-23-27-26-22(31-23)24-11-15-8-16(12-24)10-17(9-15)13-24/h1-2,5-6,15-18H,3-4,7-14H2,(H,25,27,28). The minimum absolute atomic E-state index is 0.113. The van der Waals surface area contributed by atoms with Gasteiger partial charge in [-0.25, -0.2) is 0 Å². The van der Waals surface area contributed by atoms with Gasteiger partial charge in [0.25, 0.3) is 5.91 Å². The Morgan fingerprint density at radius 1 is 1.13 bits per heavy atom. The van der Waals surface area contributed by atoms with Gasteiger partial charge in [0, 0.05) is 12.0 Å². The number of ether oxygens (including phenoxy) is 2. The van der Waals surface area contributed by atoms with Crippen LogP contribution in [0.4, 0.5) is 5.13 Å². The molecule has 4 aliphatic carbocycles. The fourth-order valence-corrected chi connectivity index (χ4v) is 7.72. The van der Waals surface area contributed by atoms with E-state index < -0.39 is 0 Å². The van der Waals surface area contributed by atoms with Crippen LogP contribution in [0.15, 0.2) is 24.3 Å². The maximum absolute atomic E-state index is 13.0. The Balaban J connectivity index is 1.16. The maximum Gasteiger partial charge on any atom is 0.261 e. The number of anilines is 1. The highest BCUT2D eigenvalue weighted by atomic mass is 32.1. The van der Waals surface area contributed by atoms with Crippen molar-refractivity contribution >= 4 is 22.4 Å². The summed E-state index contributed by atoms with van der Waals surface area (Å²) in [5.41, 5.74) is 0.726. The van der Waals surface area contributed by atoms with Gasteiger partial charge < -0.3 is 9.47 Å². The molecule has 1 aromatic heterocycles. The molecule has 5 aliphatic rings. The summed E-state index contributed by atoms with van der Waals surface area (Å²) in [6.07, 6.45) is 10.2. The van der Waals surface area contributed by atoms with E-state index in [1.807, 2.05) is 18.2 Å². The highest BCUT2D eigenvalue weighted by Crippen LogP contribution is 2.61. The summed E-state index contributed by atoms with van der Waals surface area (Å²) in [4.78, 5) is 13.0. The molecule has 31 heavy (non-hydrogen) atoms. The molecule has 1 saturated heterocycles. The fourth-order valence-electron chi connectivity index (χ4n) is 6.76. The Morgan fingerprint density at radius 3 is 2.58 bits per heavy atom. The minimum atomic E-state index is -0.198. The molecule has 0 radical (unpaired) electrons. The van der Waals surface area contributed by atoms with Gasteiger partial charge in [-0.15, -0.1) is 10.2 Å². The van der Waals surface area contributed by atoms with Crippen LogP contribution in [-0.4, -0.2) is 35.4 Å². The van der Waals surface area contributed by atoms with Crippen LogP contribution >= 0.6 is 11.3 Å². The third kappa shape index (κ3) is 3.76. The highest BCUT2D eigenvalue weighted by molar-refractivity contribution is 7.15. The third-order valence-electron chi connectivity index (χ3n) is 7.72. The molecule has 164 valence electrons. The fraction of sp³-hybridized carbons (Fsp3) is 0.625. The summed E-state index contributed by atoms with van der Waals surface area (Å²) in [5, 5.41) is 13.6. The van der Waals surface area contributed by atoms with Gasteiger partial charge in [-0.1, -0.05) is 23.5 Å². The minimum Gasteiger partial charge on any atom is -0.490 e. The largest absolute Gasteiger partial charge is 0.490 e. The Kier molecular flexibility index (Phi) is 4.98. The Morgan fingerprint density at radius 2 is 1.87 bits per heavy atom. The second-order valence-corrected chi connectivity index (χ2v) is 11.0. The number of carbonyl (C=O) groups is 1.